The zero-order chi connectivity index (χ0) is 14.1. The van der Waals surface area contributed by atoms with Crippen LogP contribution in [0, 0.1) is 6.92 Å². The van der Waals surface area contributed by atoms with Gasteiger partial charge in [0, 0.05) is 13.1 Å². The van der Waals surface area contributed by atoms with Gasteiger partial charge in [-0.25, -0.2) is 4.79 Å². The van der Waals surface area contributed by atoms with Gasteiger partial charge in [0.1, 0.15) is 25.1 Å². The molecule has 0 aliphatic heterocycles. The van der Waals surface area contributed by atoms with Crippen molar-refractivity contribution in [1.29, 1.82) is 0 Å². The number of nitrogens with one attached hydrogen (secondary N) is 1. The summed E-state index contributed by atoms with van der Waals surface area (Å²) in [7, 11) is 0. The van der Waals surface area contributed by atoms with Crippen LogP contribution in [0.4, 0.5) is 4.79 Å². The van der Waals surface area contributed by atoms with Crippen molar-refractivity contribution in [1.82, 2.24) is 5.32 Å². The van der Waals surface area contributed by atoms with E-state index in [0.29, 0.717) is 13.1 Å². The van der Waals surface area contributed by atoms with E-state index in [9.17, 15) is 9.90 Å². The zero-order valence-electron chi connectivity index (χ0n) is 11.0. The highest BCUT2D eigenvalue weighted by molar-refractivity contribution is 5.64. The lowest BCUT2D eigenvalue weighted by Gasteiger charge is -2.14. The average Bonchev–Trinajstić information content (AvgIpc) is 2.37. The van der Waals surface area contributed by atoms with Crippen LogP contribution in [0.15, 0.2) is 24.3 Å². The summed E-state index contributed by atoms with van der Waals surface area (Å²) in [5, 5.41) is 12.6. The first-order chi connectivity index (χ1) is 9.09. The summed E-state index contributed by atoms with van der Waals surface area (Å²) in [6.45, 7) is 3.12. The number of rotatable bonds is 8. The molecular weight excluding hydrogens is 248 g/mol. The van der Waals surface area contributed by atoms with Gasteiger partial charge in [0.05, 0.1) is 0 Å². The average molecular weight is 268 g/mol. The molecule has 19 heavy (non-hydrogen) atoms. The maximum absolute atomic E-state index is 10.3. The molecule has 6 heteroatoms. The number of carbonyl (C=O) groups excluding carboxylic acids is 1. The Morgan fingerprint density at radius 3 is 2.89 bits per heavy atom. The second kappa shape index (κ2) is 8.34. The highest BCUT2D eigenvalue weighted by atomic mass is 16.5. The minimum atomic E-state index is -0.801. The van der Waals surface area contributed by atoms with Gasteiger partial charge < -0.3 is 25.6 Å². The number of para-hydroxylation sites is 1. The number of amides is 1. The summed E-state index contributed by atoms with van der Waals surface area (Å²) in [6, 6.07) is 7.62. The van der Waals surface area contributed by atoms with E-state index >= 15 is 0 Å². The Morgan fingerprint density at radius 1 is 1.47 bits per heavy atom. The van der Waals surface area contributed by atoms with E-state index < -0.39 is 12.2 Å². The molecule has 0 aromatic heterocycles. The first kappa shape index (κ1) is 15.3. The molecule has 1 rings (SSSR count). The van der Waals surface area contributed by atoms with E-state index in [4.69, 9.17) is 10.5 Å². The third-order valence-corrected chi connectivity index (χ3v) is 2.43. The van der Waals surface area contributed by atoms with E-state index in [0.717, 1.165) is 11.3 Å². The molecule has 4 N–H and O–H groups in total. The van der Waals surface area contributed by atoms with Crippen molar-refractivity contribution in [3.63, 3.8) is 0 Å². The summed E-state index contributed by atoms with van der Waals surface area (Å²) in [6.07, 6.45) is -1.43. The van der Waals surface area contributed by atoms with Crippen molar-refractivity contribution in [3.8, 4) is 5.75 Å². The van der Waals surface area contributed by atoms with Crippen molar-refractivity contribution in [2.75, 3.05) is 26.3 Å². The van der Waals surface area contributed by atoms with Gasteiger partial charge in [0.2, 0.25) is 0 Å². The molecule has 0 fully saturated rings. The Kier molecular flexibility index (Phi) is 6.70. The smallest absolute Gasteiger partial charge is 0.404 e. The third kappa shape index (κ3) is 6.64. The monoisotopic (exact) mass is 268 g/mol. The van der Waals surface area contributed by atoms with Crippen molar-refractivity contribution >= 4 is 6.09 Å². The summed E-state index contributed by atoms with van der Waals surface area (Å²) >= 11 is 0. The Hall–Kier alpha value is -1.79. The molecular formula is C13H20N2O4. The molecule has 0 aliphatic carbocycles. The summed E-state index contributed by atoms with van der Waals surface area (Å²) in [4.78, 5) is 10.3. The van der Waals surface area contributed by atoms with Crippen molar-refractivity contribution in [2.24, 2.45) is 5.73 Å². The molecule has 0 spiro atoms. The predicted octanol–water partition coefficient (Wildman–Crippen LogP) is 0.420. The fourth-order valence-corrected chi connectivity index (χ4v) is 1.46. The topological polar surface area (TPSA) is 93.8 Å². The van der Waals surface area contributed by atoms with Crippen LogP contribution < -0.4 is 15.8 Å². The minimum Gasteiger partial charge on any atom is -0.491 e. The minimum absolute atomic E-state index is 0.181. The molecule has 1 aromatic rings. The number of hydrogen-bond donors (Lipinski definition) is 3. The molecule has 0 heterocycles. The van der Waals surface area contributed by atoms with E-state index in [2.05, 4.69) is 10.1 Å². The second-order valence-corrected chi connectivity index (χ2v) is 4.10. The molecule has 1 unspecified atom stereocenters. The van der Waals surface area contributed by atoms with Crippen LogP contribution in [-0.2, 0) is 4.74 Å². The Balaban J connectivity index is 2.13. The summed E-state index contributed by atoms with van der Waals surface area (Å²) < 4.78 is 10.0. The van der Waals surface area contributed by atoms with Gasteiger partial charge in [-0.15, -0.1) is 0 Å². The van der Waals surface area contributed by atoms with Crippen LogP contribution in [-0.4, -0.2) is 43.6 Å². The maximum Gasteiger partial charge on any atom is 0.404 e. The largest absolute Gasteiger partial charge is 0.491 e. The number of aliphatic hydroxyl groups is 1. The second-order valence-electron chi connectivity index (χ2n) is 4.10. The fraction of sp³-hybridized carbons (Fsp3) is 0.462. The number of carbonyl (C=O) groups is 1. The van der Waals surface area contributed by atoms with E-state index in [1.165, 1.54) is 0 Å². The zero-order valence-corrected chi connectivity index (χ0v) is 11.0. The lowest BCUT2D eigenvalue weighted by Crippen LogP contribution is -2.34. The molecule has 0 saturated carbocycles. The number of hydrogen-bond acceptors (Lipinski definition) is 5. The van der Waals surface area contributed by atoms with Crippen molar-refractivity contribution in [3.05, 3.63) is 29.8 Å². The van der Waals surface area contributed by atoms with E-state index in [-0.39, 0.29) is 13.2 Å². The number of nitrogens with two attached hydrogens (primary N) is 1. The van der Waals surface area contributed by atoms with Gasteiger partial charge >= 0.3 is 6.09 Å². The maximum atomic E-state index is 10.3. The van der Waals surface area contributed by atoms with Crippen LogP contribution in [0.5, 0.6) is 5.75 Å². The molecule has 1 amide bonds. The van der Waals surface area contributed by atoms with Crippen LogP contribution in [0.1, 0.15) is 5.56 Å². The van der Waals surface area contributed by atoms with Crippen molar-refractivity contribution in [2.45, 2.75) is 13.0 Å². The van der Waals surface area contributed by atoms with Gasteiger partial charge in [0.15, 0.2) is 0 Å². The Morgan fingerprint density at radius 2 is 2.21 bits per heavy atom. The quantitative estimate of drug-likeness (QED) is 0.594. The van der Waals surface area contributed by atoms with Crippen molar-refractivity contribution < 1.29 is 19.4 Å². The van der Waals surface area contributed by atoms with Crippen LogP contribution in [0.2, 0.25) is 0 Å². The summed E-state index contributed by atoms with van der Waals surface area (Å²) in [5.74, 6) is 0.763. The highest BCUT2D eigenvalue weighted by Gasteiger charge is 2.06. The third-order valence-electron chi connectivity index (χ3n) is 2.43. The lowest BCUT2D eigenvalue weighted by molar-refractivity contribution is 0.103. The predicted molar refractivity (Wildman–Crippen MR) is 71.1 cm³/mol. The molecule has 0 bridgehead atoms. The first-order valence-corrected chi connectivity index (χ1v) is 6.09. The number of ether oxygens (including phenoxy) is 2. The summed E-state index contributed by atoms with van der Waals surface area (Å²) in [5.41, 5.74) is 5.83. The highest BCUT2D eigenvalue weighted by Crippen LogP contribution is 2.16. The van der Waals surface area contributed by atoms with Gasteiger partial charge in [0.25, 0.3) is 0 Å². The Labute approximate surface area is 112 Å². The number of benzene rings is 1. The molecule has 0 radical (unpaired) electrons. The molecule has 6 nitrogen and oxygen atoms in total. The number of aryl methyl sites for hydroxylation is 1. The molecule has 106 valence electrons. The molecule has 1 aromatic carbocycles. The molecule has 1 atom stereocenters. The van der Waals surface area contributed by atoms with Gasteiger partial charge in [-0.2, -0.15) is 0 Å². The lowest BCUT2D eigenvalue weighted by atomic mass is 10.2. The fourth-order valence-electron chi connectivity index (χ4n) is 1.46. The van der Waals surface area contributed by atoms with Crippen LogP contribution in [0.3, 0.4) is 0 Å². The van der Waals surface area contributed by atoms with Crippen LogP contribution in [0.25, 0.3) is 0 Å². The van der Waals surface area contributed by atoms with Crippen LogP contribution >= 0.6 is 0 Å². The number of primary amides is 1. The normalized spacial score (nSPS) is 11.9. The first-order valence-electron chi connectivity index (χ1n) is 6.09. The number of aliphatic hydroxyl groups excluding tert-OH is 1. The van der Waals surface area contributed by atoms with E-state index in [1.54, 1.807) is 0 Å². The van der Waals surface area contributed by atoms with Gasteiger partial charge in [-0.1, -0.05) is 18.2 Å². The molecule has 0 aliphatic rings. The molecule has 0 saturated heterocycles. The van der Waals surface area contributed by atoms with Gasteiger partial charge in [-0.3, -0.25) is 0 Å². The standard InChI is InChI=1S/C13H20N2O4/c1-10-4-2-3-5-12(10)19-9-11(16)8-15-6-7-18-13(14)17/h2-5,11,15-16H,6-9H2,1H3,(H2,14,17). The SMILES string of the molecule is Cc1ccccc1OCC(O)CNCCOC(N)=O. The van der Waals surface area contributed by atoms with Gasteiger partial charge in [-0.05, 0) is 18.6 Å². The van der Waals surface area contributed by atoms with E-state index in [1.807, 2.05) is 31.2 Å². The Bertz CT molecular complexity index is 398.